The fourth-order valence-electron chi connectivity index (χ4n) is 2.95. The van der Waals surface area contributed by atoms with Gasteiger partial charge in [0.1, 0.15) is 5.69 Å². The maximum Gasteiger partial charge on any atom is 0.328 e. The number of hydrogen-bond acceptors (Lipinski definition) is 7. The summed E-state index contributed by atoms with van der Waals surface area (Å²) < 4.78 is 1.78. The molecule has 2 aromatic rings. The fourth-order valence-corrected chi connectivity index (χ4v) is 2.95. The molecule has 1 N–H and O–H groups in total. The Hall–Kier alpha value is -3.56. The predicted molar refractivity (Wildman–Crippen MR) is 96.8 cm³/mol. The van der Waals surface area contributed by atoms with Gasteiger partial charge in [0.25, 0.3) is 11.8 Å². The first kappa shape index (κ1) is 19.2. The molecule has 28 heavy (non-hydrogen) atoms. The molecule has 0 saturated heterocycles. The van der Waals surface area contributed by atoms with E-state index in [-0.39, 0.29) is 35.0 Å². The zero-order valence-corrected chi connectivity index (χ0v) is 15.9. The number of imide groups is 1. The first-order valence-corrected chi connectivity index (χ1v) is 8.57. The van der Waals surface area contributed by atoms with Crippen molar-refractivity contribution in [3.63, 3.8) is 0 Å². The number of amides is 2. The number of hydrogen-bond donors (Lipinski definition) is 1. The van der Waals surface area contributed by atoms with Crippen molar-refractivity contribution in [1.29, 1.82) is 5.41 Å². The fraction of sp³-hybridized carbons (Fsp3) is 0.333. The summed E-state index contributed by atoms with van der Waals surface area (Å²) in [5.41, 5.74) is -0.921. The van der Waals surface area contributed by atoms with Crippen molar-refractivity contribution >= 4 is 23.2 Å². The van der Waals surface area contributed by atoms with E-state index < -0.39 is 28.9 Å². The summed E-state index contributed by atoms with van der Waals surface area (Å²) in [6.07, 6.45) is 0. The Labute approximate surface area is 159 Å². The molecule has 0 saturated carbocycles. The zero-order valence-electron chi connectivity index (χ0n) is 15.9. The molecule has 10 nitrogen and oxygen atoms in total. The predicted octanol–water partition coefficient (Wildman–Crippen LogP) is 0.944. The molecule has 0 spiro atoms. The molecular weight excluding hydrogens is 364 g/mol. The van der Waals surface area contributed by atoms with Crippen LogP contribution in [-0.2, 0) is 14.1 Å². The van der Waals surface area contributed by atoms with Crippen LogP contribution in [0.15, 0.2) is 33.2 Å². The average Bonchev–Trinajstić information content (AvgIpc) is 2.90. The van der Waals surface area contributed by atoms with Crippen LogP contribution < -0.4 is 16.3 Å². The number of aromatic nitrogens is 2. The Morgan fingerprint density at radius 1 is 1.07 bits per heavy atom. The number of rotatable bonds is 4. The Morgan fingerprint density at radius 3 is 2.39 bits per heavy atom. The van der Waals surface area contributed by atoms with E-state index in [1.165, 1.54) is 26.2 Å². The number of benzene rings is 1. The van der Waals surface area contributed by atoms with Crippen molar-refractivity contribution in [1.82, 2.24) is 14.0 Å². The lowest BCUT2D eigenvalue weighted by Crippen LogP contribution is -2.38. The molecule has 0 unspecified atom stereocenters. The van der Waals surface area contributed by atoms with Crippen molar-refractivity contribution in [2.75, 3.05) is 6.54 Å². The average molecular weight is 383 g/mol. The minimum atomic E-state index is -0.770. The first-order valence-electron chi connectivity index (χ1n) is 8.57. The third kappa shape index (κ3) is 2.92. The molecule has 1 aromatic carbocycles. The Morgan fingerprint density at radius 2 is 1.75 bits per heavy atom. The largest absolute Gasteiger partial charge is 0.858 e. The molecule has 2 amide bonds. The number of carbonyl (C=O) groups is 2. The molecule has 0 bridgehead atoms. The summed E-state index contributed by atoms with van der Waals surface area (Å²) in [6, 6.07) is 4.61. The third-order valence-electron chi connectivity index (χ3n) is 4.42. The Balaban J connectivity index is 2.09. The SMILES string of the molecule is CC(C)CN1C(=O)c2cccc(N=Nc3c([O-])n(C)c(=O)n(C)c3=N)c2C1=O. The van der Waals surface area contributed by atoms with Gasteiger partial charge in [-0.05, 0) is 23.9 Å². The highest BCUT2D eigenvalue weighted by molar-refractivity contribution is 6.23. The van der Waals surface area contributed by atoms with Gasteiger partial charge in [-0.25, -0.2) is 4.79 Å². The van der Waals surface area contributed by atoms with Crippen LogP contribution in [0.25, 0.3) is 0 Å². The minimum Gasteiger partial charge on any atom is -0.858 e. The summed E-state index contributed by atoms with van der Waals surface area (Å²) in [7, 11) is 2.62. The van der Waals surface area contributed by atoms with Gasteiger partial charge >= 0.3 is 5.69 Å². The van der Waals surface area contributed by atoms with Crippen LogP contribution in [0.3, 0.4) is 0 Å². The molecule has 1 aromatic heterocycles. The lowest BCUT2D eigenvalue weighted by Gasteiger charge is -2.16. The molecule has 2 heterocycles. The molecule has 0 atom stereocenters. The van der Waals surface area contributed by atoms with E-state index >= 15 is 0 Å². The van der Waals surface area contributed by atoms with Crippen LogP contribution in [0.2, 0.25) is 0 Å². The van der Waals surface area contributed by atoms with Crippen LogP contribution in [0.5, 0.6) is 5.88 Å². The third-order valence-corrected chi connectivity index (χ3v) is 4.42. The van der Waals surface area contributed by atoms with Gasteiger partial charge in [-0.1, -0.05) is 19.9 Å². The van der Waals surface area contributed by atoms with Crippen molar-refractivity contribution < 1.29 is 14.7 Å². The molecule has 146 valence electrons. The van der Waals surface area contributed by atoms with E-state index in [0.29, 0.717) is 0 Å². The zero-order chi connectivity index (χ0) is 20.7. The second-order valence-electron chi connectivity index (χ2n) is 6.92. The van der Waals surface area contributed by atoms with E-state index in [0.717, 1.165) is 14.0 Å². The van der Waals surface area contributed by atoms with Gasteiger partial charge in [-0.3, -0.25) is 24.5 Å². The lowest BCUT2D eigenvalue weighted by atomic mass is 10.1. The standard InChI is InChI=1S/C18H20N6O4/c1-9(2)8-24-15(25)10-6-5-7-11(12(10)16(24)26)20-21-13-14(19)22(3)18(28)23(4)17(13)27/h5-7,9,19,27H,8H2,1-4H3/p-1. The molecule has 3 rings (SSSR count). The van der Waals surface area contributed by atoms with Gasteiger partial charge in [-0.2, -0.15) is 0 Å². The summed E-state index contributed by atoms with van der Waals surface area (Å²) >= 11 is 0. The number of azo groups is 1. The maximum atomic E-state index is 12.7. The molecule has 10 heteroatoms. The molecular formula is C18H19N6O4-. The summed E-state index contributed by atoms with van der Waals surface area (Å²) in [6.45, 7) is 4.08. The van der Waals surface area contributed by atoms with E-state index in [4.69, 9.17) is 5.41 Å². The second-order valence-corrected chi connectivity index (χ2v) is 6.92. The molecule has 0 aliphatic carbocycles. The van der Waals surface area contributed by atoms with Crippen LogP contribution in [-0.4, -0.2) is 32.4 Å². The Bertz CT molecular complexity index is 1140. The number of nitrogens with zero attached hydrogens (tertiary/aromatic N) is 5. The highest BCUT2D eigenvalue weighted by atomic mass is 16.3. The monoisotopic (exact) mass is 383 g/mol. The summed E-state index contributed by atoms with van der Waals surface area (Å²) in [5, 5.41) is 28.0. The molecule has 0 fully saturated rings. The molecule has 1 aliphatic heterocycles. The smallest absolute Gasteiger partial charge is 0.328 e. The van der Waals surface area contributed by atoms with Gasteiger partial charge < -0.3 is 9.67 Å². The highest BCUT2D eigenvalue weighted by Gasteiger charge is 2.37. The van der Waals surface area contributed by atoms with Gasteiger partial charge in [-0.15, -0.1) is 10.2 Å². The van der Waals surface area contributed by atoms with E-state index in [9.17, 15) is 19.5 Å². The van der Waals surface area contributed by atoms with E-state index in [1.54, 1.807) is 6.07 Å². The lowest BCUT2D eigenvalue weighted by molar-refractivity contribution is -0.278. The van der Waals surface area contributed by atoms with Gasteiger partial charge in [0, 0.05) is 20.6 Å². The minimum absolute atomic E-state index is 0.104. The van der Waals surface area contributed by atoms with Crippen molar-refractivity contribution in [3.8, 4) is 5.88 Å². The molecule has 0 radical (unpaired) electrons. The molecule has 1 aliphatic rings. The summed E-state index contributed by atoms with van der Waals surface area (Å²) in [4.78, 5) is 38.2. The quantitative estimate of drug-likeness (QED) is 0.621. The maximum absolute atomic E-state index is 12.7. The van der Waals surface area contributed by atoms with Gasteiger partial charge in [0.2, 0.25) is 0 Å². The van der Waals surface area contributed by atoms with Crippen molar-refractivity contribution in [3.05, 3.63) is 45.3 Å². The Kier molecular flexibility index (Phi) is 4.72. The van der Waals surface area contributed by atoms with E-state index in [2.05, 4.69) is 10.2 Å². The number of nitrogens with one attached hydrogen (secondary N) is 1. The normalized spacial score (nSPS) is 13.8. The van der Waals surface area contributed by atoms with Crippen molar-refractivity contribution in [2.45, 2.75) is 13.8 Å². The van der Waals surface area contributed by atoms with Crippen LogP contribution in [0.1, 0.15) is 34.6 Å². The van der Waals surface area contributed by atoms with E-state index in [1.807, 2.05) is 13.8 Å². The van der Waals surface area contributed by atoms with Crippen LogP contribution in [0.4, 0.5) is 11.4 Å². The van der Waals surface area contributed by atoms with Gasteiger partial charge in [0.05, 0.1) is 16.8 Å². The van der Waals surface area contributed by atoms with Gasteiger partial charge in [0.15, 0.2) is 5.49 Å². The first-order chi connectivity index (χ1) is 13.1. The summed E-state index contributed by atoms with van der Waals surface area (Å²) in [5.74, 6) is -1.53. The van der Waals surface area contributed by atoms with Crippen LogP contribution in [0, 0.1) is 11.3 Å². The van der Waals surface area contributed by atoms with Crippen molar-refractivity contribution in [2.24, 2.45) is 30.2 Å². The highest BCUT2D eigenvalue weighted by Crippen LogP contribution is 2.32. The topological polar surface area (TPSA) is 136 Å². The second kappa shape index (κ2) is 6.87. The number of fused-ring (bicyclic) bond motifs is 1. The number of carbonyl (C=O) groups excluding carboxylic acids is 2. The van der Waals surface area contributed by atoms with Crippen LogP contribution >= 0.6 is 0 Å².